The Morgan fingerprint density at radius 1 is 0.909 bits per heavy atom. The highest BCUT2D eigenvalue weighted by Gasteiger charge is 2.15. The molecule has 2 aromatic rings. The molecule has 3 rings (SSSR count). The molecule has 1 saturated heterocycles. The molecule has 0 aliphatic carbocycles. The van der Waals surface area contributed by atoms with Gasteiger partial charge in [0.25, 0.3) is 0 Å². The van der Waals surface area contributed by atoms with Crippen molar-refractivity contribution in [2.75, 3.05) is 26.2 Å². The first-order chi connectivity index (χ1) is 10.8. The van der Waals surface area contributed by atoms with Crippen LogP contribution in [-0.2, 0) is 6.54 Å². The van der Waals surface area contributed by atoms with E-state index in [-0.39, 0.29) is 0 Å². The zero-order valence-corrected chi connectivity index (χ0v) is 14.1. The fourth-order valence-corrected chi connectivity index (χ4v) is 2.96. The summed E-state index contributed by atoms with van der Waals surface area (Å²) in [6.45, 7) is 5.11. The normalized spacial score (nSPS) is 16.3. The highest BCUT2D eigenvalue weighted by molar-refractivity contribution is 9.10. The molecule has 0 bridgehead atoms. The van der Waals surface area contributed by atoms with Crippen LogP contribution in [0.25, 0.3) is 0 Å². The summed E-state index contributed by atoms with van der Waals surface area (Å²) in [7, 11) is 0. The monoisotopic (exact) mass is 357 g/mol. The van der Waals surface area contributed by atoms with Gasteiger partial charge in [0, 0.05) is 42.8 Å². The Morgan fingerprint density at radius 2 is 1.59 bits per heavy atom. The third-order valence-corrected chi connectivity index (χ3v) is 4.59. The SMILES string of the molecule is Brc1ccccc1/C=N\N1CCN(Cc2ccccc2)CC1. The van der Waals surface area contributed by atoms with E-state index in [4.69, 9.17) is 0 Å². The highest BCUT2D eigenvalue weighted by Crippen LogP contribution is 2.14. The van der Waals surface area contributed by atoms with Crippen molar-refractivity contribution in [1.82, 2.24) is 9.91 Å². The van der Waals surface area contributed by atoms with Gasteiger partial charge in [-0.1, -0.05) is 64.5 Å². The molecule has 114 valence electrons. The molecule has 2 aromatic carbocycles. The molecule has 0 saturated carbocycles. The molecule has 0 atom stereocenters. The van der Waals surface area contributed by atoms with E-state index in [9.17, 15) is 0 Å². The van der Waals surface area contributed by atoms with Crippen LogP contribution in [0, 0.1) is 0 Å². The van der Waals surface area contributed by atoms with Crippen LogP contribution in [0.1, 0.15) is 11.1 Å². The average molecular weight is 358 g/mol. The Kier molecular flexibility index (Phi) is 5.24. The summed E-state index contributed by atoms with van der Waals surface area (Å²) in [5, 5.41) is 6.76. The first-order valence-electron chi connectivity index (χ1n) is 7.61. The molecule has 0 N–H and O–H groups in total. The van der Waals surface area contributed by atoms with Gasteiger partial charge in [-0.25, -0.2) is 0 Å². The second-order valence-electron chi connectivity index (χ2n) is 5.48. The van der Waals surface area contributed by atoms with Crippen molar-refractivity contribution in [2.24, 2.45) is 5.10 Å². The zero-order chi connectivity index (χ0) is 15.2. The van der Waals surface area contributed by atoms with E-state index in [1.165, 1.54) is 5.56 Å². The first kappa shape index (κ1) is 15.3. The van der Waals surface area contributed by atoms with Gasteiger partial charge in [0.1, 0.15) is 0 Å². The molecule has 0 spiro atoms. The Hall–Kier alpha value is -1.65. The van der Waals surface area contributed by atoms with E-state index in [2.05, 4.69) is 67.3 Å². The van der Waals surface area contributed by atoms with Crippen molar-refractivity contribution in [2.45, 2.75) is 6.54 Å². The summed E-state index contributed by atoms with van der Waals surface area (Å²) < 4.78 is 1.08. The molecule has 1 fully saturated rings. The standard InChI is InChI=1S/C18H20BrN3/c19-18-9-5-4-8-17(18)14-20-22-12-10-21(11-13-22)15-16-6-2-1-3-7-16/h1-9,14H,10-13,15H2/b20-14-. The van der Waals surface area contributed by atoms with Gasteiger partial charge in [-0.2, -0.15) is 5.10 Å². The second kappa shape index (κ2) is 7.56. The van der Waals surface area contributed by atoms with Gasteiger partial charge >= 0.3 is 0 Å². The van der Waals surface area contributed by atoms with E-state index >= 15 is 0 Å². The molecular weight excluding hydrogens is 338 g/mol. The number of hydrogen-bond donors (Lipinski definition) is 0. The number of halogens is 1. The average Bonchev–Trinajstić information content (AvgIpc) is 2.56. The minimum atomic E-state index is 0.980. The lowest BCUT2D eigenvalue weighted by molar-refractivity contribution is 0.131. The summed E-state index contributed by atoms with van der Waals surface area (Å²) in [4.78, 5) is 2.49. The lowest BCUT2D eigenvalue weighted by atomic mass is 10.2. The third-order valence-electron chi connectivity index (χ3n) is 3.86. The van der Waals surface area contributed by atoms with Gasteiger partial charge in [0.2, 0.25) is 0 Å². The number of hydrogen-bond acceptors (Lipinski definition) is 3. The second-order valence-corrected chi connectivity index (χ2v) is 6.34. The summed E-state index contributed by atoms with van der Waals surface area (Å²) in [5.41, 5.74) is 2.50. The van der Waals surface area contributed by atoms with Gasteiger partial charge in [-0.15, -0.1) is 0 Å². The Morgan fingerprint density at radius 3 is 2.32 bits per heavy atom. The maximum Gasteiger partial charge on any atom is 0.0554 e. The van der Waals surface area contributed by atoms with Gasteiger partial charge in [-0.05, 0) is 11.6 Å². The predicted molar refractivity (Wildman–Crippen MR) is 95.0 cm³/mol. The van der Waals surface area contributed by atoms with Crippen LogP contribution in [0.4, 0.5) is 0 Å². The quantitative estimate of drug-likeness (QED) is 0.778. The smallest absolute Gasteiger partial charge is 0.0554 e. The highest BCUT2D eigenvalue weighted by atomic mass is 79.9. The van der Waals surface area contributed by atoms with Gasteiger partial charge in [0.05, 0.1) is 6.21 Å². The molecule has 0 amide bonds. The van der Waals surface area contributed by atoms with Crippen LogP contribution < -0.4 is 0 Å². The lowest BCUT2D eigenvalue weighted by Crippen LogP contribution is -2.43. The van der Waals surface area contributed by atoms with E-state index in [0.717, 1.165) is 42.8 Å². The maximum absolute atomic E-state index is 4.61. The lowest BCUT2D eigenvalue weighted by Gasteiger charge is -2.33. The molecule has 3 nitrogen and oxygen atoms in total. The van der Waals surface area contributed by atoms with E-state index < -0.39 is 0 Å². The van der Waals surface area contributed by atoms with E-state index in [1.54, 1.807) is 0 Å². The Bertz CT molecular complexity index is 619. The number of rotatable bonds is 4. The number of benzene rings is 2. The minimum absolute atomic E-state index is 0.980. The molecule has 0 unspecified atom stereocenters. The topological polar surface area (TPSA) is 18.8 Å². The van der Waals surface area contributed by atoms with E-state index in [1.807, 2.05) is 24.4 Å². The van der Waals surface area contributed by atoms with Crippen molar-refractivity contribution in [3.8, 4) is 0 Å². The van der Waals surface area contributed by atoms with Crippen LogP contribution in [0.15, 0.2) is 64.2 Å². The van der Waals surface area contributed by atoms with Crippen LogP contribution in [-0.4, -0.2) is 42.3 Å². The molecular formula is C18H20BrN3. The van der Waals surface area contributed by atoms with Crippen molar-refractivity contribution < 1.29 is 0 Å². The molecule has 1 aliphatic heterocycles. The molecule has 22 heavy (non-hydrogen) atoms. The summed E-state index contributed by atoms with van der Waals surface area (Å²) in [6, 6.07) is 18.8. The first-order valence-corrected chi connectivity index (χ1v) is 8.40. The van der Waals surface area contributed by atoms with Crippen molar-refractivity contribution in [3.63, 3.8) is 0 Å². The van der Waals surface area contributed by atoms with Crippen molar-refractivity contribution >= 4 is 22.1 Å². The van der Waals surface area contributed by atoms with Crippen LogP contribution in [0.3, 0.4) is 0 Å². The number of nitrogens with zero attached hydrogens (tertiary/aromatic N) is 3. The van der Waals surface area contributed by atoms with Crippen LogP contribution in [0.5, 0.6) is 0 Å². The van der Waals surface area contributed by atoms with E-state index in [0.29, 0.717) is 0 Å². The van der Waals surface area contributed by atoms with Crippen molar-refractivity contribution in [3.05, 3.63) is 70.2 Å². The number of piperazine rings is 1. The largest absolute Gasteiger partial charge is 0.295 e. The molecule has 1 heterocycles. The van der Waals surface area contributed by atoms with Crippen molar-refractivity contribution in [1.29, 1.82) is 0 Å². The molecule has 0 radical (unpaired) electrons. The fourth-order valence-electron chi connectivity index (χ4n) is 2.58. The predicted octanol–water partition coefficient (Wildman–Crippen LogP) is 3.60. The summed E-state index contributed by atoms with van der Waals surface area (Å²) >= 11 is 3.55. The number of hydrazone groups is 1. The van der Waals surface area contributed by atoms with Crippen LogP contribution >= 0.6 is 15.9 Å². The molecule has 1 aliphatic rings. The molecule has 4 heteroatoms. The fraction of sp³-hybridized carbons (Fsp3) is 0.278. The van der Waals surface area contributed by atoms with Gasteiger partial charge < -0.3 is 0 Å². The summed E-state index contributed by atoms with van der Waals surface area (Å²) in [6.07, 6.45) is 1.94. The van der Waals surface area contributed by atoms with Gasteiger partial charge in [0.15, 0.2) is 0 Å². The Balaban J connectivity index is 1.51. The van der Waals surface area contributed by atoms with Crippen LogP contribution in [0.2, 0.25) is 0 Å². The summed E-state index contributed by atoms with van der Waals surface area (Å²) in [5.74, 6) is 0. The zero-order valence-electron chi connectivity index (χ0n) is 12.5. The third kappa shape index (κ3) is 4.18. The molecule has 0 aromatic heterocycles. The maximum atomic E-state index is 4.61. The minimum Gasteiger partial charge on any atom is -0.295 e. The Labute approximate surface area is 140 Å². The van der Waals surface area contributed by atoms with Gasteiger partial charge in [-0.3, -0.25) is 9.91 Å².